The summed E-state index contributed by atoms with van der Waals surface area (Å²) in [6.45, 7) is 2.59. The van der Waals surface area contributed by atoms with Gasteiger partial charge in [0.2, 0.25) is 0 Å². The molecule has 0 spiro atoms. The maximum atomic E-state index is 5.34. The van der Waals surface area contributed by atoms with E-state index in [0.29, 0.717) is 11.8 Å². The predicted molar refractivity (Wildman–Crippen MR) is 65.3 cm³/mol. The summed E-state index contributed by atoms with van der Waals surface area (Å²) < 4.78 is 10.5. The van der Waals surface area contributed by atoms with Crippen LogP contribution < -0.4 is 9.47 Å². The van der Waals surface area contributed by atoms with Crippen LogP contribution in [0.3, 0.4) is 0 Å². The molecule has 16 heavy (non-hydrogen) atoms. The maximum absolute atomic E-state index is 5.34. The lowest BCUT2D eigenvalue weighted by Crippen LogP contribution is -1.90. The zero-order valence-corrected chi connectivity index (χ0v) is 10.1. The van der Waals surface area contributed by atoms with Crippen LogP contribution in [0.5, 0.6) is 10.9 Å². The first kappa shape index (κ1) is 11.0. The van der Waals surface area contributed by atoms with E-state index >= 15 is 0 Å². The molecule has 0 aliphatic heterocycles. The van der Waals surface area contributed by atoms with Gasteiger partial charge < -0.3 is 9.47 Å². The van der Waals surface area contributed by atoms with Crippen LogP contribution in [0.15, 0.2) is 29.6 Å². The molecule has 0 unspecified atom stereocenters. The third-order valence-corrected chi connectivity index (χ3v) is 2.87. The third-order valence-electron chi connectivity index (χ3n) is 2.12. The highest BCUT2D eigenvalue weighted by molar-refractivity contribution is 7.11. The minimum absolute atomic E-state index is 0.644. The maximum Gasteiger partial charge on any atom is 0.273 e. The molecule has 1 aromatic carbocycles. The molecule has 2 aromatic rings. The van der Waals surface area contributed by atoms with E-state index in [1.807, 2.05) is 36.6 Å². The Morgan fingerprint density at radius 1 is 1.38 bits per heavy atom. The highest BCUT2D eigenvalue weighted by Gasteiger charge is 2.05. The van der Waals surface area contributed by atoms with Crippen LogP contribution in [0.2, 0.25) is 0 Å². The second kappa shape index (κ2) is 4.99. The standard InChI is InChI=1S/C12H13NO2S/c1-3-15-12-13-11(8-16-12)9-5-4-6-10(7-9)14-2/h4-8H,3H2,1-2H3. The molecule has 0 saturated heterocycles. The number of ether oxygens (including phenoxy) is 2. The monoisotopic (exact) mass is 235 g/mol. The highest BCUT2D eigenvalue weighted by atomic mass is 32.1. The molecule has 1 aromatic heterocycles. The van der Waals surface area contributed by atoms with Crippen LogP contribution in [0.25, 0.3) is 11.3 Å². The smallest absolute Gasteiger partial charge is 0.273 e. The van der Waals surface area contributed by atoms with Crippen molar-refractivity contribution in [2.75, 3.05) is 13.7 Å². The fourth-order valence-electron chi connectivity index (χ4n) is 1.36. The van der Waals surface area contributed by atoms with Gasteiger partial charge in [0.05, 0.1) is 19.4 Å². The fraction of sp³-hybridized carbons (Fsp3) is 0.250. The first-order valence-electron chi connectivity index (χ1n) is 5.06. The van der Waals surface area contributed by atoms with Gasteiger partial charge in [0.1, 0.15) is 5.75 Å². The van der Waals surface area contributed by atoms with Crippen LogP contribution in [-0.4, -0.2) is 18.7 Å². The van der Waals surface area contributed by atoms with Gasteiger partial charge in [-0.15, -0.1) is 0 Å². The van der Waals surface area contributed by atoms with Crippen molar-refractivity contribution in [1.82, 2.24) is 4.98 Å². The van der Waals surface area contributed by atoms with Gasteiger partial charge >= 0.3 is 0 Å². The molecule has 1 heterocycles. The molecule has 0 amide bonds. The Morgan fingerprint density at radius 3 is 3.00 bits per heavy atom. The molecule has 84 valence electrons. The fourth-order valence-corrected chi connectivity index (χ4v) is 2.10. The summed E-state index contributed by atoms with van der Waals surface area (Å²) in [7, 11) is 1.66. The number of benzene rings is 1. The van der Waals surface area contributed by atoms with Gasteiger partial charge in [0.15, 0.2) is 0 Å². The Kier molecular flexibility index (Phi) is 3.41. The van der Waals surface area contributed by atoms with Crippen molar-refractivity contribution in [3.63, 3.8) is 0 Å². The number of rotatable bonds is 4. The van der Waals surface area contributed by atoms with Gasteiger partial charge in [0.25, 0.3) is 5.19 Å². The third kappa shape index (κ3) is 2.33. The summed E-state index contributed by atoms with van der Waals surface area (Å²) in [6.07, 6.45) is 0. The number of nitrogens with zero attached hydrogens (tertiary/aromatic N) is 1. The van der Waals surface area contributed by atoms with Crippen molar-refractivity contribution in [2.45, 2.75) is 6.92 Å². The van der Waals surface area contributed by atoms with Crippen LogP contribution in [-0.2, 0) is 0 Å². The average Bonchev–Trinajstić information content (AvgIpc) is 2.78. The lowest BCUT2D eigenvalue weighted by Gasteiger charge is -2.01. The summed E-state index contributed by atoms with van der Waals surface area (Å²) in [4.78, 5) is 4.39. The molecule has 0 bridgehead atoms. The van der Waals surface area contributed by atoms with Crippen LogP contribution in [0.4, 0.5) is 0 Å². The molecule has 0 radical (unpaired) electrons. The summed E-state index contributed by atoms with van der Waals surface area (Å²) in [6, 6.07) is 7.84. The number of hydrogen-bond donors (Lipinski definition) is 0. The SMILES string of the molecule is CCOc1nc(-c2cccc(OC)c2)cs1. The first-order chi connectivity index (χ1) is 7.83. The molecule has 0 aliphatic rings. The summed E-state index contributed by atoms with van der Waals surface area (Å²) in [5.41, 5.74) is 1.97. The Balaban J connectivity index is 2.27. The van der Waals surface area contributed by atoms with Crippen LogP contribution >= 0.6 is 11.3 Å². The van der Waals surface area contributed by atoms with E-state index in [9.17, 15) is 0 Å². The van der Waals surface area contributed by atoms with Crippen LogP contribution in [0, 0.1) is 0 Å². The van der Waals surface area contributed by atoms with Gasteiger partial charge in [-0.05, 0) is 19.1 Å². The van der Waals surface area contributed by atoms with Crippen molar-refractivity contribution in [2.24, 2.45) is 0 Å². The number of aromatic nitrogens is 1. The van der Waals surface area contributed by atoms with Crippen molar-refractivity contribution in [3.05, 3.63) is 29.6 Å². The molecule has 4 heteroatoms. The lowest BCUT2D eigenvalue weighted by atomic mass is 10.2. The van der Waals surface area contributed by atoms with E-state index in [-0.39, 0.29) is 0 Å². The van der Waals surface area contributed by atoms with Crippen molar-refractivity contribution in [3.8, 4) is 22.2 Å². The van der Waals surface area contributed by atoms with Gasteiger partial charge in [-0.2, -0.15) is 0 Å². The van der Waals surface area contributed by atoms with E-state index in [2.05, 4.69) is 4.98 Å². The van der Waals surface area contributed by atoms with Crippen molar-refractivity contribution >= 4 is 11.3 Å². The minimum atomic E-state index is 0.644. The molecule has 0 aliphatic carbocycles. The molecule has 0 N–H and O–H groups in total. The lowest BCUT2D eigenvalue weighted by molar-refractivity contribution is 0.338. The van der Waals surface area contributed by atoms with Gasteiger partial charge in [-0.3, -0.25) is 0 Å². The number of methoxy groups -OCH3 is 1. The molecule has 2 rings (SSSR count). The summed E-state index contributed by atoms with van der Waals surface area (Å²) in [5.74, 6) is 0.837. The second-order valence-corrected chi connectivity index (χ2v) is 3.98. The topological polar surface area (TPSA) is 31.4 Å². The first-order valence-corrected chi connectivity index (χ1v) is 5.94. The van der Waals surface area contributed by atoms with Gasteiger partial charge in [-0.25, -0.2) is 4.98 Å². The number of hydrogen-bond acceptors (Lipinski definition) is 4. The number of thiazole rings is 1. The van der Waals surface area contributed by atoms with E-state index in [4.69, 9.17) is 9.47 Å². The van der Waals surface area contributed by atoms with Gasteiger partial charge in [0, 0.05) is 10.9 Å². The molecule has 0 saturated carbocycles. The summed E-state index contributed by atoms with van der Waals surface area (Å²) in [5, 5.41) is 2.69. The molecule has 0 atom stereocenters. The Morgan fingerprint density at radius 2 is 2.25 bits per heavy atom. The van der Waals surface area contributed by atoms with E-state index in [0.717, 1.165) is 17.0 Å². The van der Waals surface area contributed by atoms with Crippen molar-refractivity contribution < 1.29 is 9.47 Å². The molecule has 0 fully saturated rings. The highest BCUT2D eigenvalue weighted by Crippen LogP contribution is 2.28. The largest absolute Gasteiger partial charge is 0.497 e. The predicted octanol–water partition coefficient (Wildman–Crippen LogP) is 3.22. The van der Waals surface area contributed by atoms with Crippen LogP contribution in [0.1, 0.15) is 6.92 Å². The molecule has 3 nitrogen and oxygen atoms in total. The molecular formula is C12H13NO2S. The normalized spacial score (nSPS) is 10.1. The summed E-state index contributed by atoms with van der Waals surface area (Å²) >= 11 is 1.51. The van der Waals surface area contributed by atoms with E-state index in [1.165, 1.54) is 11.3 Å². The molecular weight excluding hydrogens is 222 g/mol. The average molecular weight is 235 g/mol. The Labute approximate surface area is 98.7 Å². The zero-order chi connectivity index (χ0) is 11.4. The Bertz CT molecular complexity index is 468. The second-order valence-electron chi connectivity index (χ2n) is 3.16. The Hall–Kier alpha value is -1.55. The van der Waals surface area contributed by atoms with Crippen molar-refractivity contribution in [1.29, 1.82) is 0 Å². The minimum Gasteiger partial charge on any atom is -0.497 e. The van der Waals surface area contributed by atoms with E-state index < -0.39 is 0 Å². The quantitative estimate of drug-likeness (QED) is 0.815. The zero-order valence-electron chi connectivity index (χ0n) is 9.27. The van der Waals surface area contributed by atoms with E-state index in [1.54, 1.807) is 7.11 Å². The van der Waals surface area contributed by atoms with Gasteiger partial charge in [-0.1, -0.05) is 23.5 Å².